The van der Waals surface area contributed by atoms with Crippen molar-refractivity contribution >= 4 is 16.8 Å². The number of nitrogens with zero attached hydrogens (tertiary/aromatic N) is 1. The lowest BCUT2D eigenvalue weighted by Gasteiger charge is -2.08. The number of aryl methyl sites for hydroxylation is 1. The Bertz CT molecular complexity index is 790. The van der Waals surface area contributed by atoms with E-state index in [0.717, 1.165) is 16.5 Å². The summed E-state index contributed by atoms with van der Waals surface area (Å²) in [5, 5.41) is 3.90. The number of carbonyl (C=O) groups is 1. The lowest BCUT2D eigenvalue weighted by atomic mass is 10.1. The number of hydrogen-bond acceptors (Lipinski definition) is 1. The van der Waals surface area contributed by atoms with Gasteiger partial charge in [0.15, 0.2) is 0 Å². The van der Waals surface area contributed by atoms with E-state index in [1.165, 1.54) is 12.1 Å². The number of benzene rings is 2. The minimum atomic E-state index is -0.279. The third kappa shape index (κ3) is 2.65. The summed E-state index contributed by atoms with van der Waals surface area (Å²) in [6, 6.07) is 13.7. The Hall–Kier alpha value is -2.62. The molecule has 0 saturated heterocycles. The van der Waals surface area contributed by atoms with Crippen LogP contribution < -0.4 is 5.32 Å². The van der Waals surface area contributed by atoms with Gasteiger partial charge in [0, 0.05) is 25.2 Å². The van der Waals surface area contributed by atoms with Crippen LogP contribution in [-0.4, -0.2) is 10.5 Å². The molecule has 0 spiro atoms. The average Bonchev–Trinajstić information content (AvgIpc) is 2.88. The third-order valence-electron chi connectivity index (χ3n) is 3.51. The summed E-state index contributed by atoms with van der Waals surface area (Å²) < 4.78 is 14.8. The van der Waals surface area contributed by atoms with Crippen molar-refractivity contribution in [1.29, 1.82) is 0 Å². The molecule has 1 aromatic heterocycles. The molecule has 0 aliphatic carbocycles. The Kier molecular flexibility index (Phi) is 3.44. The number of aromatic nitrogens is 1. The van der Waals surface area contributed by atoms with Gasteiger partial charge in [-0.3, -0.25) is 4.79 Å². The second-order valence-corrected chi connectivity index (χ2v) is 4.98. The topological polar surface area (TPSA) is 34.0 Å². The van der Waals surface area contributed by atoms with E-state index < -0.39 is 0 Å². The second-order valence-electron chi connectivity index (χ2n) is 4.98. The van der Waals surface area contributed by atoms with Crippen LogP contribution in [0.2, 0.25) is 0 Å². The number of nitrogens with one attached hydrogen (secondary N) is 1. The zero-order chi connectivity index (χ0) is 14.8. The van der Waals surface area contributed by atoms with Crippen LogP contribution in [0.1, 0.15) is 15.9 Å². The highest BCUT2D eigenvalue weighted by Gasteiger charge is 2.11. The molecule has 0 radical (unpaired) electrons. The molecule has 0 fully saturated rings. The van der Waals surface area contributed by atoms with E-state index in [-0.39, 0.29) is 11.7 Å². The first-order valence-corrected chi connectivity index (χ1v) is 6.72. The zero-order valence-electron chi connectivity index (χ0n) is 11.6. The van der Waals surface area contributed by atoms with Gasteiger partial charge in [0.05, 0.1) is 11.1 Å². The van der Waals surface area contributed by atoms with Crippen molar-refractivity contribution in [1.82, 2.24) is 9.88 Å². The van der Waals surface area contributed by atoms with Crippen LogP contribution in [0.5, 0.6) is 0 Å². The number of amides is 1. The van der Waals surface area contributed by atoms with Gasteiger partial charge in [0.25, 0.3) is 5.91 Å². The van der Waals surface area contributed by atoms with Gasteiger partial charge >= 0.3 is 0 Å². The molecule has 1 amide bonds. The Morgan fingerprint density at radius 2 is 1.90 bits per heavy atom. The normalized spacial score (nSPS) is 10.8. The number of para-hydroxylation sites is 1. The van der Waals surface area contributed by atoms with Gasteiger partial charge in [-0.1, -0.05) is 24.3 Å². The highest BCUT2D eigenvalue weighted by molar-refractivity contribution is 6.05. The quantitative estimate of drug-likeness (QED) is 0.786. The van der Waals surface area contributed by atoms with Crippen LogP contribution in [-0.2, 0) is 13.6 Å². The summed E-state index contributed by atoms with van der Waals surface area (Å²) in [5.41, 5.74) is 2.42. The molecule has 0 aliphatic heterocycles. The molecule has 0 unspecified atom stereocenters. The van der Waals surface area contributed by atoms with Crippen molar-refractivity contribution in [3.63, 3.8) is 0 Å². The molecule has 1 heterocycles. The summed E-state index contributed by atoms with van der Waals surface area (Å²) >= 11 is 0. The standard InChI is InChI=1S/C17H15FN2O/c1-20-10-9-13-3-2-4-15(16(13)20)17(21)19-11-12-5-7-14(18)8-6-12/h2-10H,11H2,1H3,(H,19,21). The van der Waals surface area contributed by atoms with E-state index in [2.05, 4.69) is 5.32 Å². The van der Waals surface area contributed by atoms with Gasteiger partial charge < -0.3 is 9.88 Å². The highest BCUT2D eigenvalue weighted by Crippen LogP contribution is 2.19. The molecule has 3 rings (SSSR count). The number of halogens is 1. The lowest BCUT2D eigenvalue weighted by molar-refractivity contribution is 0.0952. The fraction of sp³-hybridized carbons (Fsp3) is 0.118. The van der Waals surface area contributed by atoms with E-state index >= 15 is 0 Å². The fourth-order valence-electron chi connectivity index (χ4n) is 2.42. The maximum Gasteiger partial charge on any atom is 0.253 e. The number of fused-ring (bicyclic) bond motifs is 1. The van der Waals surface area contributed by atoms with Crippen molar-refractivity contribution in [2.45, 2.75) is 6.54 Å². The molecule has 2 aromatic carbocycles. The first-order valence-electron chi connectivity index (χ1n) is 6.72. The highest BCUT2D eigenvalue weighted by atomic mass is 19.1. The molecule has 4 heteroatoms. The largest absolute Gasteiger partial charge is 0.350 e. The minimum Gasteiger partial charge on any atom is -0.350 e. The maximum atomic E-state index is 12.8. The van der Waals surface area contributed by atoms with Crippen LogP contribution in [0.3, 0.4) is 0 Å². The summed E-state index contributed by atoms with van der Waals surface area (Å²) in [6.07, 6.45) is 1.93. The van der Waals surface area contributed by atoms with Gasteiger partial charge in [0.2, 0.25) is 0 Å². The fourth-order valence-corrected chi connectivity index (χ4v) is 2.42. The third-order valence-corrected chi connectivity index (χ3v) is 3.51. The molecular weight excluding hydrogens is 267 g/mol. The second kappa shape index (κ2) is 5.40. The van der Waals surface area contributed by atoms with Crippen LogP contribution >= 0.6 is 0 Å². The molecule has 0 bridgehead atoms. The lowest BCUT2D eigenvalue weighted by Crippen LogP contribution is -2.23. The van der Waals surface area contributed by atoms with Crippen molar-refractivity contribution in [3.05, 3.63) is 71.7 Å². The van der Waals surface area contributed by atoms with E-state index in [9.17, 15) is 9.18 Å². The monoisotopic (exact) mass is 282 g/mol. The first kappa shape index (κ1) is 13.4. The van der Waals surface area contributed by atoms with Gasteiger partial charge in [0.1, 0.15) is 5.82 Å². The predicted molar refractivity (Wildman–Crippen MR) is 80.5 cm³/mol. The molecule has 21 heavy (non-hydrogen) atoms. The Morgan fingerprint density at radius 1 is 1.14 bits per heavy atom. The molecule has 106 valence electrons. The van der Waals surface area contributed by atoms with Gasteiger partial charge in [-0.2, -0.15) is 0 Å². The van der Waals surface area contributed by atoms with E-state index in [1.54, 1.807) is 12.1 Å². The summed E-state index contributed by atoms with van der Waals surface area (Å²) in [7, 11) is 1.92. The number of rotatable bonds is 3. The Labute approximate surface area is 122 Å². The molecule has 0 atom stereocenters. The zero-order valence-corrected chi connectivity index (χ0v) is 11.6. The van der Waals surface area contributed by atoms with E-state index in [0.29, 0.717) is 12.1 Å². The van der Waals surface area contributed by atoms with Crippen molar-refractivity contribution in [2.24, 2.45) is 7.05 Å². The number of hydrogen-bond donors (Lipinski definition) is 1. The summed E-state index contributed by atoms with van der Waals surface area (Å²) in [4.78, 5) is 12.4. The van der Waals surface area contributed by atoms with Crippen LogP contribution in [0.4, 0.5) is 4.39 Å². The SMILES string of the molecule is Cn1ccc2cccc(C(=O)NCc3ccc(F)cc3)c21. The van der Waals surface area contributed by atoms with Crippen LogP contribution in [0.25, 0.3) is 10.9 Å². The molecular formula is C17H15FN2O. The average molecular weight is 282 g/mol. The van der Waals surface area contributed by atoms with Crippen LogP contribution in [0, 0.1) is 5.82 Å². The first-order chi connectivity index (χ1) is 10.1. The predicted octanol–water partition coefficient (Wildman–Crippen LogP) is 3.25. The van der Waals surface area contributed by atoms with Crippen LogP contribution in [0.15, 0.2) is 54.7 Å². The molecule has 3 aromatic rings. The molecule has 1 N–H and O–H groups in total. The Balaban J connectivity index is 1.81. The smallest absolute Gasteiger partial charge is 0.253 e. The van der Waals surface area contributed by atoms with Gasteiger partial charge in [-0.25, -0.2) is 4.39 Å². The molecule has 3 nitrogen and oxygen atoms in total. The van der Waals surface area contributed by atoms with Crippen molar-refractivity contribution in [3.8, 4) is 0 Å². The Morgan fingerprint density at radius 3 is 2.67 bits per heavy atom. The number of carbonyl (C=O) groups excluding carboxylic acids is 1. The minimum absolute atomic E-state index is 0.133. The maximum absolute atomic E-state index is 12.8. The molecule has 0 saturated carbocycles. The van der Waals surface area contributed by atoms with E-state index in [4.69, 9.17) is 0 Å². The summed E-state index contributed by atoms with van der Waals surface area (Å²) in [5.74, 6) is -0.412. The van der Waals surface area contributed by atoms with E-state index in [1.807, 2.05) is 42.1 Å². The summed E-state index contributed by atoms with van der Waals surface area (Å²) in [6.45, 7) is 0.375. The van der Waals surface area contributed by atoms with Gasteiger partial charge in [-0.05, 0) is 29.8 Å². The van der Waals surface area contributed by atoms with Crippen molar-refractivity contribution in [2.75, 3.05) is 0 Å². The molecule has 0 aliphatic rings. The van der Waals surface area contributed by atoms with Gasteiger partial charge in [-0.15, -0.1) is 0 Å². The van der Waals surface area contributed by atoms with Crippen molar-refractivity contribution < 1.29 is 9.18 Å².